The van der Waals surface area contributed by atoms with Crippen LogP contribution in [0.4, 0.5) is 5.69 Å². The highest BCUT2D eigenvalue weighted by Crippen LogP contribution is 2.14. The fraction of sp³-hybridized carbons (Fsp3) is 0.500. The largest absolute Gasteiger partial charge is 0.347 e. The number of hydrogen-bond acceptors (Lipinski definition) is 3. The summed E-state index contributed by atoms with van der Waals surface area (Å²) in [6.45, 7) is 7.45. The first-order valence-electron chi connectivity index (χ1n) is 7.29. The minimum atomic E-state index is -0.264. The van der Waals surface area contributed by atoms with Crippen LogP contribution in [0.3, 0.4) is 0 Å². The van der Waals surface area contributed by atoms with Crippen molar-refractivity contribution in [3.8, 4) is 0 Å². The Labute approximate surface area is 125 Å². The van der Waals surface area contributed by atoms with E-state index >= 15 is 0 Å². The predicted molar refractivity (Wildman–Crippen MR) is 83.3 cm³/mol. The van der Waals surface area contributed by atoms with Crippen LogP contribution in [0.5, 0.6) is 0 Å². The third-order valence-electron chi connectivity index (χ3n) is 3.33. The highest BCUT2D eigenvalue weighted by molar-refractivity contribution is 5.96. The Hall–Kier alpha value is -1.88. The fourth-order valence-corrected chi connectivity index (χ4v) is 2.24. The van der Waals surface area contributed by atoms with E-state index in [2.05, 4.69) is 16.0 Å². The molecule has 1 aromatic carbocycles. The van der Waals surface area contributed by atoms with Crippen molar-refractivity contribution in [1.82, 2.24) is 10.6 Å². The zero-order chi connectivity index (χ0) is 15.5. The van der Waals surface area contributed by atoms with Crippen LogP contribution in [0.15, 0.2) is 24.3 Å². The molecular weight excluding hydrogens is 266 g/mol. The summed E-state index contributed by atoms with van der Waals surface area (Å²) < 4.78 is 0. The lowest BCUT2D eigenvalue weighted by Gasteiger charge is -2.20. The van der Waals surface area contributed by atoms with Crippen molar-refractivity contribution in [3.63, 3.8) is 0 Å². The maximum absolute atomic E-state index is 12.0. The molecule has 3 N–H and O–H groups in total. The first-order chi connectivity index (χ1) is 9.85. The molecule has 1 aliphatic heterocycles. The second-order valence-electron chi connectivity index (χ2n) is 6.46. The first kappa shape index (κ1) is 15.5. The molecule has 0 radical (unpaired) electrons. The Morgan fingerprint density at radius 3 is 2.38 bits per heavy atom. The van der Waals surface area contributed by atoms with E-state index in [1.807, 2.05) is 20.8 Å². The third-order valence-corrected chi connectivity index (χ3v) is 3.33. The van der Waals surface area contributed by atoms with Crippen molar-refractivity contribution in [2.75, 3.05) is 18.4 Å². The second-order valence-corrected chi connectivity index (χ2v) is 6.46. The van der Waals surface area contributed by atoms with Crippen molar-refractivity contribution in [3.05, 3.63) is 29.8 Å². The normalized spacial score (nSPS) is 18.3. The molecule has 5 nitrogen and oxygen atoms in total. The van der Waals surface area contributed by atoms with Gasteiger partial charge in [0.25, 0.3) is 5.91 Å². The number of anilines is 1. The van der Waals surface area contributed by atoms with Crippen molar-refractivity contribution in [1.29, 1.82) is 0 Å². The number of carbonyl (C=O) groups is 2. The van der Waals surface area contributed by atoms with Crippen LogP contribution < -0.4 is 16.0 Å². The highest BCUT2D eigenvalue weighted by Gasteiger charge is 2.22. The molecule has 114 valence electrons. The van der Waals surface area contributed by atoms with E-state index < -0.39 is 0 Å². The number of rotatable bonds is 3. The molecule has 21 heavy (non-hydrogen) atoms. The number of nitrogens with one attached hydrogen (secondary N) is 3. The topological polar surface area (TPSA) is 70.2 Å². The number of amides is 2. The molecule has 1 aromatic rings. The minimum Gasteiger partial charge on any atom is -0.347 e. The molecule has 0 aliphatic carbocycles. The van der Waals surface area contributed by atoms with Gasteiger partial charge < -0.3 is 16.0 Å². The molecule has 1 aliphatic rings. The molecule has 0 saturated carbocycles. The van der Waals surface area contributed by atoms with Gasteiger partial charge >= 0.3 is 0 Å². The maximum Gasteiger partial charge on any atom is 0.251 e. The summed E-state index contributed by atoms with van der Waals surface area (Å²) in [5.74, 6) is -0.0406. The Balaban J connectivity index is 1.95. The van der Waals surface area contributed by atoms with Gasteiger partial charge in [0, 0.05) is 23.3 Å². The van der Waals surface area contributed by atoms with E-state index in [0.717, 1.165) is 25.2 Å². The monoisotopic (exact) mass is 289 g/mol. The molecule has 1 saturated heterocycles. The van der Waals surface area contributed by atoms with Crippen molar-refractivity contribution >= 4 is 17.5 Å². The predicted octanol–water partition coefficient (Wildman–Crippen LogP) is 1.76. The Morgan fingerprint density at radius 1 is 1.19 bits per heavy atom. The SMILES string of the molecule is CC(C)(C)NC(=O)c1ccc(NC(=O)C2CCNC2)cc1. The third kappa shape index (κ3) is 4.56. The van der Waals surface area contributed by atoms with Crippen molar-refractivity contribution < 1.29 is 9.59 Å². The van der Waals surface area contributed by atoms with Gasteiger partial charge in [0.1, 0.15) is 0 Å². The molecule has 0 spiro atoms. The molecule has 1 unspecified atom stereocenters. The van der Waals surface area contributed by atoms with Gasteiger partial charge in [0.2, 0.25) is 5.91 Å². The number of benzene rings is 1. The lowest BCUT2D eigenvalue weighted by atomic mass is 10.1. The molecular formula is C16H23N3O2. The zero-order valence-electron chi connectivity index (χ0n) is 12.8. The van der Waals surface area contributed by atoms with E-state index in [0.29, 0.717) is 5.56 Å². The molecule has 2 amide bonds. The van der Waals surface area contributed by atoms with E-state index in [4.69, 9.17) is 0 Å². The van der Waals surface area contributed by atoms with Crippen LogP contribution in [-0.4, -0.2) is 30.4 Å². The molecule has 0 bridgehead atoms. The smallest absolute Gasteiger partial charge is 0.251 e. The Morgan fingerprint density at radius 2 is 1.86 bits per heavy atom. The van der Waals surface area contributed by atoms with Crippen molar-refractivity contribution in [2.24, 2.45) is 5.92 Å². The summed E-state index contributed by atoms with van der Waals surface area (Å²) in [5.41, 5.74) is 1.05. The fourth-order valence-electron chi connectivity index (χ4n) is 2.24. The van der Waals surface area contributed by atoms with E-state index in [1.165, 1.54) is 0 Å². The van der Waals surface area contributed by atoms with Gasteiger partial charge in [-0.2, -0.15) is 0 Å². The standard InChI is InChI=1S/C16H23N3O2/c1-16(2,3)19-15(21)11-4-6-13(7-5-11)18-14(20)12-8-9-17-10-12/h4-7,12,17H,8-10H2,1-3H3,(H,18,20)(H,19,21). The Bertz CT molecular complexity index is 511. The zero-order valence-corrected chi connectivity index (χ0v) is 12.8. The average molecular weight is 289 g/mol. The average Bonchev–Trinajstić information content (AvgIpc) is 2.91. The van der Waals surface area contributed by atoms with Crippen LogP contribution in [0.2, 0.25) is 0 Å². The van der Waals surface area contributed by atoms with Crippen LogP contribution in [0.1, 0.15) is 37.6 Å². The summed E-state index contributed by atoms with van der Waals surface area (Å²) in [5, 5.41) is 8.96. The Kier molecular flexibility index (Phi) is 4.63. The highest BCUT2D eigenvalue weighted by atomic mass is 16.2. The van der Waals surface area contributed by atoms with Gasteiger partial charge in [0.05, 0.1) is 5.92 Å². The van der Waals surface area contributed by atoms with E-state index in [-0.39, 0.29) is 23.3 Å². The summed E-state index contributed by atoms with van der Waals surface area (Å²) in [6, 6.07) is 6.98. The summed E-state index contributed by atoms with van der Waals surface area (Å²) >= 11 is 0. The summed E-state index contributed by atoms with van der Waals surface area (Å²) in [6.07, 6.45) is 0.873. The van der Waals surface area contributed by atoms with E-state index in [9.17, 15) is 9.59 Å². The quantitative estimate of drug-likeness (QED) is 0.794. The maximum atomic E-state index is 12.0. The lowest BCUT2D eigenvalue weighted by molar-refractivity contribution is -0.119. The van der Waals surface area contributed by atoms with Crippen LogP contribution in [0.25, 0.3) is 0 Å². The van der Waals surface area contributed by atoms with E-state index in [1.54, 1.807) is 24.3 Å². The van der Waals surface area contributed by atoms with Gasteiger partial charge in [-0.25, -0.2) is 0 Å². The summed E-state index contributed by atoms with van der Waals surface area (Å²) in [4.78, 5) is 24.0. The second kappa shape index (κ2) is 6.26. The minimum absolute atomic E-state index is 0.0342. The molecule has 1 heterocycles. The van der Waals surface area contributed by atoms with Crippen LogP contribution in [0, 0.1) is 5.92 Å². The van der Waals surface area contributed by atoms with Gasteiger partial charge in [-0.3, -0.25) is 9.59 Å². The molecule has 2 rings (SSSR count). The summed E-state index contributed by atoms with van der Waals surface area (Å²) in [7, 11) is 0. The number of hydrogen-bond donors (Lipinski definition) is 3. The molecule has 5 heteroatoms. The van der Waals surface area contributed by atoms with Crippen LogP contribution in [-0.2, 0) is 4.79 Å². The molecule has 0 aromatic heterocycles. The number of carbonyl (C=O) groups excluding carboxylic acids is 2. The first-order valence-corrected chi connectivity index (χ1v) is 7.29. The van der Waals surface area contributed by atoms with Crippen LogP contribution >= 0.6 is 0 Å². The van der Waals surface area contributed by atoms with Gasteiger partial charge in [-0.1, -0.05) is 0 Å². The lowest BCUT2D eigenvalue weighted by Crippen LogP contribution is -2.40. The van der Waals surface area contributed by atoms with Gasteiger partial charge in [-0.15, -0.1) is 0 Å². The van der Waals surface area contributed by atoms with Crippen molar-refractivity contribution in [2.45, 2.75) is 32.7 Å². The van der Waals surface area contributed by atoms with Gasteiger partial charge in [0.15, 0.2) is 0 Å². The van der Waals surface area contributed by atoms with Gasteiger partial charge in [-0.05, 0) is 58.0 Å². The molecule has 1 atom stereocenters. The molecule has 1 fully saturated rings.